The number of nitrogens with one attached hydrogen (secondary N) is 2. The number of carbonyl (C=O) groups excluding carboxylic acids is 2. The van der Waals surface area contributed by atoms with Gasteiger partial charge < -0.3 is 30.7 Å². The molecule has 136 valence electrons. The lowest BCUT2D eigenvalue weighted by Crippen LogP contribution is -2.45. The van der Waals surface area contributed by atoms with Crippen LogP contribution in [-0.2, 0) is 9.53 Å². The Balaban J connectivity index is 2.74. The quantitative estimate of drug-likeness (QED) is 0.371. The molecule has 1 aromatic heterocycles. The molecule has 0 aliphatic carbocycles. The summed E-state index contributed by atoms with van der Waals surface area (Å²) in [5.74, 6) is -1.85. The van der Waals surface area contributed by atoms with E-state index in [4.69, 9.17) is 15.2 Å². The maximum atomic E-state index is 12.2. The van der Waals surface area contributed by atoms with Crippen LogP contribution in [0.2, 0.25) is 0 Å². The van der Waals surface area contributed by atoms with Crippen LogP contribution in [0, 0.1) is 0 Å². The first-order chi connectivity index (χ1) is 11.1. The largest absolute Gasteiger partial charge is 0.494 e. The van der Waals surface area contributed by atoms with Crippen LogP contribution in [0.25, 0.3) is 0 Å². The molecular weight excluding hydrogens is 318 g/mol. The van der Waals surface area contributed by atoms with E-state index in [1.165, 1.54) is 0 Å². The van der Waals surface area contributed by atoms with Crippen LogP contribution in [-0.4, -0.2) is 45.4 Å². The van der Waals surface area contributed by atoms with Crippen molar-refractivity contribution in [1.29, 1.82) is 0 Å². The molecule has 0 aliphatic rings. The predicted molar refractivity (Wildman–Crippen MR) is 85.8 cm³/mol. The first-order valence-electron chi connectivity index (χ1n) is 7.64. The fourth-order valence-corrected chi connectivity index (χ4v) is 1.86. The van der Waals surface area contributed by atoms with Crippen molar-refractivity contribution in [3.63, 3.8) is 0 Å². The molecule has 0 spiro atoms. The minimum atomic E-state index is -0.970. The average Bonchev–Trinajstić information content (AvgIpc) is 2.73. The van der Waals surface area contributed by atoms with Crippen LogP contribution in [0.15, 0.2) is 6.07 Å². The Hall–Kier alpha value is -2.42. The summed E-state index contributed by atoms with van der Waals surface area (Å²) in [6.45, 7) is 5.57. The summed E-state index contributed by atoms with van der Waals surface area (Å²) in [6.07, 6.45) is 0.817. The lowest BCUT2D eigenvalue weighted by molar-refractivity contribution is -0.137. The summed E-state index contributed by atoms with van der Waals surface area (Å²) in [7, 11) is 0. The minimum Gasteiger partial charge on any atom is -0.494 e. The third kappa shape index (κ3) is 6.78. The lowest BCUT2D eigenvalue weighted by atomic mass is 10.1. The molecule has 0 aromatic carbocycles. The molecule has 0 unspecified atom stereocenters. The van der Waals surface area contributed by atoms with Gasteiger partial charge in [0, 0.05) is 6.07 Å². The number of hydrogen-bond donors (Lipinski definition) is 5. The van der Waals surface area contributed by atoms with E-state index in [0.29, 0.717) is 25.8 Å². The first kappa shape index (κ1) is 19.6. The van der Waals surface area contributed by atoms with Gasteiger partial charge in [-0.1, -0.05) is 0 Å². The second-order valence-corrected chi connectivity index (χ2v) is 6.27. The molecular formula is C15H25N3O6. The van der Waals surface area contributed by atoms with Gasteiger partial charge in [0.1, 0.15) is 11.6 Å². The van der Waals surface area contributed by atoms with E-state index in [1.807, 2.05) is 0 Å². The summed E-state index contributed by atoms with van der Waals surface area (Å²) in [4.78, 5) is 26.3. The van der Waals surface area contributed by atoms with E-state index in [0.717, 1.165) is 6.07 Å². The number of esters is 1. The van der Waals surface area contributed by atoms with E-state index in [2.05, 4.69) is 10.3 Å². The Morgan fingerprint density at radius 2 is 2.00 bits per heavy atom. The highest BCUT2D eigenvalue weighted by Gasteiger charge is 2.26. The third-order valence-corrected chi connectivity index (χ3v) is 2.88. The molecule has 24 heavy (non-hydrogen) atoms. The molecule has 0 radical (unpaired) electrons. The first-order valence-corrected chi connectivity index (χ1v) is 7.64. The molecule has 0 bridgehead atoms. The molecule has 9 nitrogen and oxygen atoms in total. The SMILES string of the molecule is CC(C)(C)OC(=O)N[C@@H](CCCCN)C(=O)Oc1cc(O)[nH]c1O. The van der Waals surface area contributed by atoms with Gasteiger partial charge in [0.25, 0.3) is 0 Å². The van der Waals surface area contributed by atoms with Gasteiger partial charge in [-0.05, 0) is 46.6 Å². The number of aromatic amines is 1. The van der Waals surface area contributed by atoms with Crippen molar-refractivity contribution in [1.82, 2.24) is 10.3 Å². The summed E-state index contributed by atoms with van der Waals surface area (Å²) >= 11 is 0. The van der Waals surface area contributed by atoms with E-state index in [1.54, 1.807) is 20.8 Å². The molecule has 1 amide bonds. The zero-order valence-electron chi connectivity index (χ0n) is 14.1. The van der Waals surface area contributed by atoms with Crippen LogP contribution in [0.5, 0.6) is 17.5 Å². The Bertz CT molecular complexity index is 564. The molecule has 0 aliphatic heterocycles. The number of carbonyl (C=O) groups is 2. The fourth-order valence-electron chi connectivity index (χ4n) is 1.86. The van der Waals surface area contributed by atoms with Gasteiger partial charge in [-0.15, -0.1) is 0 Å². The number of rotatable bonds is 7. The molecule has 0 saturated carbocycles. The summed E-state index contributed by atoms with van der Waals surface area (Å²) in [6, 6.07) is 0.0836. The molecule has 9 heteroatoms. The van der Waals surface area contributed by atoms with Crippen LogP contribution < -0.4 is 15.8 Å². The van der Waals surface area contributed by atoms with Crippen LogP contribution in [0.4, 0.5) is 4.79 Å². The van der Waals surface area contributed by atoms with E-state index in [9.17, 15) is 19.8 Å². The van der Waals surface area contributed by atoms with Crippen molar-refractivity contribution in [3.8, 4) is 17.5 Å². The van der Waals surface area contributed by atoms with E-state index in [-0.39, 0.29) is 11.6 Å². The zero-order chi connectivity index (χ0) is 18.3. The molecule has 1 rings (SSSR count). The number of amides is 1. The molecule has 6 N–H and O–H groups in total. The average molecular weight is 343 g/mol. The summed E-state index contributed by atoms with van der Waals surface area (Å²) < 4.78 is 10.1. The highest BCUT2D eigenvalue weighted by Crippen LogP contribution is 2.29. The van der Waals surface area contributed by atoms with Crippen LogP contribution in [0.1, 0.15) is 40.0 Å². The number of ether oxygens (including phenoxy) is 2. The van der Waals surface area contributed by atoms with Gasteiger partial charge in [0.15, 0.2) is 11.6 Å². The van der Waals surface area contributed by atoms with Crippen molar-refractivity contribution < 1.29 is 29.3 Å². The Kier molecular flexibility index (Phi) is 6.90. The summed E-state index contributed by atoms with van der Waals surface area (Å²) in [5, 5.41) is 21.2. The van der Waals surface area contributed by atoms with Gasteiger partial charge in [0.05, 0.1) is 0 Å². The number of hydrogen-bond acceptors (Lipinski definition) is 7. The van der Waals surface area contributed by atoms with Crippen molar-refractivity contribution in [2.24, 2.45) is 5.73 Å². The van der Waals surface area contributed by atoms with Crippen LogP contribution in [0.3, 0.4) is 0 Å². The van der Waals surface area contributed by atoms with Crippen molar-refractivity contribution in [3.05, 3.63) is 6.07 Å². The second kappa shape index (κ2) is 8.44. The molecule has 1 atom stereocenters. The molecule has 0 saturated heterocycles. The molecule has 0 fully saturated rings. The molecule has 1 aromatic rings. The maximum Gasteiger partial charge on any atom is 0.408 e. The third-order valence-electron chi connectivity index (χ3n) is 2.88. The normalized spacial score (nSPS) is 12.5. The minimum absolute atomic E-state index is 0.229. The number of aromatic nitrogens is 1. The fraction of sp³-hybridized carbons (Fsp3) is 0.600. The topological polar surface area (TPSA) is 147 Å². The van der Waals surface area contributed by atoms with Gasteiger partial charge in [0.2, 0.25) is 5.88 Å². The van der Waals surface area contributed by atoms with Gasteiger partial charge >= 0.3 is 12.1 Å². The highest BCUT2D eigenvalue weighted by atomic mass is 16.6. The van der Waals surface area contributed by atoms with Crippen molar-refractivity contribution in [2.75, 3.05) is 6.54 Å². The molecule has 1 heterocycles. The Labute approximate surface area is 140 Å². The Morgan fingerprint density at radius 3 is 2.50 bits per heavy atom. The van der Waals surface area contributed by atoms with Gasteiger partial charge in [-0.25, -0.2) is 9.59 Å². The number of alkyl carbamates (subject to hydrolysis) is 1. The summed E-state index contributed by atoms with van der Waals surface area (Å²) in [5.41, 5.74) is 4.72. The highest BCUT2D eigenvalue weighted by molar-refractivity contribution is 5.83. The monoisotopic (exact) mass is 343 g/mol. The van der Waals surface area contributed by atoms with Crippen molar-refractivity contribution in [2.45, 2.75) is 51.7 Å². The number of nitrogens with two attached hydrogens (primary N) is 1. The number of unbranched alkanes of at least 4 members (excludes halogenated alkanes) is 1. The predicted octanol–water partition coefficient (Wildman–Crippen LogP) is 1.35. The van der Waals surface area contributed by atoms with Crippen molar-refractivity contribution >= 4 is 12.1 Å². The number of aromatic hydroxyl groups is 2. The van der Waals surface area contributed by atoms with Gasteiger partial charge in [-0.2, -0.15) is 0 Å². The smallest absolute Gasteiger partial charge is 0.408 e. The lowest BCUT2D eigenvalue weighted by Gasteiger charge is -2.22. The zero-order valence-corrected chi connectivity index (χ0v) is 14.1. The Morgan fingerprint density at radius 1 is 1.33 bits per heavy atom. The van der Waals surface area contributed by atoms with E-state index < -0.39 is 29.6 Å². The van der Waals surface area contributed by atoms with Gasteiger partial charge in [-0.3, -0.25) is 4.98 Å². The maximum absolute atomic E-state index is 12.2. The second-order valence-electron chi connectivity index (χ2n) is 6.27. The standard InChI is InChI=1S/C15H25N3O6/c1-15(2,3)24-14(22)17-9(6-4-5-7-16)13(21)23-10-8-11(19)18-12(10)20/h8-9,18-20H,4-7,16H2,1-3H3,(H,17,22)/t9-/m0/s1. The van der Waals surface area contributed by atoms with E-state index >= 15 is 0 Å². The van der Waals surface area contributed by atoms with Crippen LogP contribution >= 0.6 is 0 Å². The number of H-pyrrole nitrogens is 1.